The maximum Gasteiger partial charge on any atom is 0.263 e. The highest BCUT2D eigenvalue weighted by atomic mass is 16.5. The molecule has 0 heterocycles. The number of rotatable bonds is 8. The van der Waals surface area contributed by atoms with E-state index in [4.69, 9.17) is 5.21 Å². The SMILES string of the molecule is CC(C)(O)[C@H](NCCCc1ccc(-c2ccccc2)cc1)C(=O)NO. The lowest BCUT2D eigenvalue weighted by atomic mass is 9.98. The van der Waals surface area contributed by atoms with E-state index in [0.717, 1.165) is 12.8 Å². The Morgan fingerprint density at radius 1 is 1.04 bits per heavy atom. The van der Waals surface area contributed by atoms with Gasteiger partial charge in [-0.3, -0.25) is 10.0 Å². The number of nitrogens with one attached hydrogen (secondary N) is 2. The summed E-state index contributed by atoms with van der Waals surface area (Å²) < 4.78 is 0. The minimum atomic E-state index is -1.26. The van der Waals surface area contributed by atoms with Gasteiger partial charge >= 0.3 is 0 Å². The van der Waals surface area contributed by atoms with Crippen LogP contribution in [0.4, 0.5) is 0 Å². The van der Waals surface area contributed by atoms with Crippen molar-refractivity contribution in [2.75, 3.05) is 6.54 Å². The summed E-state index contributed by atoms with van der Waals surface area (Å²) in [4.78, 5) is 11.6. The third-order valence-electron chi connectivity index (χ3n) is 4.13. The van der Waals surface area contributed by atoms with Crippen molar-refractivity contribution in [1.29, 1.82) is 0 Å². The quantitative estimate of drug-likeness (QED) is 0.338. The van der Waals surface area contributed by atoms with Gasteiger partial charge in [-0.15, -0.1) is 0 Å². The van der Waals surface area contributed by atoms with Crippen molar-refractivity contribution in [3.8, 4) is 11.1 Å². The van der Waals surface area contributed by atoms with E-state index in [2.05, 4.69) is 41.7 Å². The molecule has 0 aromatic heterocycles. The molecule has 0 aliphatic rings. The molecule has 4 N–H and O–H groups in total. The van der Waals surface area contributed by atoms with Gasteiger partial charge in [0, 0.05) is 0 Å². The fraction of sp³-hybridized carbons (Fsp3) is 0.350. The molecule has 5 heteroatoms. The predicted octanol–water partition coefficient (Wildman–Crippen LogP) is 2.52. The first-order valence-corrected chi connectivity index (χ1v) is 8.46. The molecule has 0 unspecified atom stereocenters. The van der Waals surface area contributed by atoms with Gasteiger partial charge in [0.25, 0.3) is 5.91 Å². The third kappa shape index (κ3) is 5.67. The van der Waals surface area contributed by atoms with Crippen LogP contribution in [0.25, 0.3) is 11.1 Å². The fourth-order valence-electron chi connectivity index (χ4n) is 2.76. The topological polar surface area (TPSA) is 81.6 Å². The molecule has 0 saturated carbocycles. The number of hydrogen-bond donors (Lipinski definition) is 4. The van der Waals surface area contributed by atoms with Crippen LogP contribution in [0.1, 0.15) is 25.8 Å². The van der Waals surface area contributed by atoms with E-state index >= 15 is 0 Å². The Morgan fingerprint density at radius 3 is 2.20 bits per heavy atom. The minimum absolute atomic E-state index is 0.558. The van der Waals surface area contributed by atoms with E-state index in [0.29, 0.717) is 6.54 Å². The van der Waals surface area contributed by atoms with Crippen LogP contribution < -0.4 is 10.8 Å². The van der Waals surface area contributed by atoms with Gasteiger partial charge in [0.2, 0.25) is 0 Å². The summed E-state index contributed by atoms with van der Waals surface area (Å²) in [6.07, 6.45) is 1.68. The maximum absolute atomic E-state index is 11.6. The highest BCUT2D eigenvalue weighted by Crippen LogP contribution is 2.19. The number of aliphatic hydroxyl groups is 1. The number of hydroxylamine groups is 1. The summed E-state index contributed by atoms with van der Waals surface area (Å²) in [5, 5.41) is 21.8. The maximum atomic E-state index is 11.6. The van der Waals surface area contributed by atoms with Crippen molar-refractivity contribution in [3.63, 3.8) is 0 Å². The van der Waals surface area contributed by atoms with Gasteiger partial charge in [0.15, 0.2) is 0 Å². The molecule has 25 heavy (non-hydrogen) atoms. The summed E-state index contributed by atoms with van der Waals surface area (Å²) in [6, 6.07) is 17.8. The molecule has 0 fully saturated rings. The largest absolute Gasteiger partial charge is 0.388 e. The Kier molecular flexibility index (Phi) is 6.70. The highest BCUT2D eigenvalue weighted by Gasteiger charge is 2.32. The molecule has 0 spiro atoms. The normalized spacial score (nSPS) is 12.6. The van der Waals surface area contributed by atoms with Gasteiger partial charge in [-0.05, 0) is 49.9 Å². The van der Waals surface area contributed by atoms with Crippen molar-refractivity contribution in [3.05, 3.63) is 60.2 Å². The van der Waals surface area contributed by atoms with Gasteiger partial charge in [0.05, 0.1) is 5.60 Å². The van der Waals surface area contributed by atoms with Crippen LogP contribution in [0.3, 0.4) is 0 Å². The Hall–Kier alpha value is -2.21. The Labute approximate surface area is 148 Å². The summed E-state index contributed by atoms with van der Waals surface area (Å²) in [6.45, 7) is 3.62. The van der Waals surface area contributed by atoms with Crippen molar-refractivity contribution in [2.24, 2.45) is 0 Å². The molecule has 0 aliphatic carbocycles. The number of carbonyl (C=O) groups excluding carboxylic acids is 1. The Balaban J connectivity index is 1.84. The number of hydrogen-bond acceptors (Lipinski definition) is 4. The zero-order valence-electron chi connectivity index (χ0n) is 14.7. The first kappa shape index (κ1) is 19.1. The second-order valence-electron chi connectivity index (χ2n) is 6.68. The van der Waals surface area contributed by atoms with Crippen LogP contribution in [0.2, 0.25) is 0 Å². The molecule has 5 nitrogen and oxygen atoms in total. The van der Waals surface area contributed by atoms with Gasteiger partial charge < -0.3 is 10.4 Å². The number of amides is 1. The van der Waals surface area contributed by atoms with E-state index < -0.39 is 17.6 Å². The summed E-state index contributed by atoms with van der Waals surface area (Å²) in [5.41, 5.74) is 3.92. The molecule has 2 aromatic carbocycles. The third-order valence-corrected chi connectivity index (χ3v) is 4.13. The lowest BCUT2D eigenvalue weighted by Gasteiger charge is -2.28. The van der Waals surface area contributed by atoms with Gasteiger partial charge in [-0.1, -0.05) is 54.6 Å². The highest BCUT2D eigenvalue weighted by molar-refractivity contribution is 5.81. The molecule has 1 amide bonds. The molecule has 0 radical (unpaired) electrons. The predicted molar refractivity (Wildman–Crippen MR) is 98.2 cm³/mol. The number of benzene rings is 2. The van der Waals surface area contributed by atoms with Gasteiger partial charge in [-0.2, -0.15) is 0 Å². The van der Waals surface area contributed by atoms with Crippen LogP contribution in [-0.2, 0) is 11.2 Å². The zero-order chi connectivity index (χ0) is 18.3. The second-order valence-corrected chi connectivity index (χ2v) is 6.68. The lowest BCUT2D eigenvalue weighted by Crippen LogP contribution is -2.55. The van der Waals surface area contributed by atoms with Crippen LogP contribution in [0.15, 0.2) is 54.6 Å². The Bertz CT molecular complexity index is 664. The van der Waals surface area contributed by atoms with Gasteiger partial charge in [-0.25, -0.2) is 5.48 Å². The molecule has 1 atom stereocenters. The van der Waals surface area contributed by atoms with Crippen LogP contribution in [0, 0.1) is 0 Å². The Morgan fingerprint density at radius 2 is 1.64 bits per heavy atom. The smallest absolute Gasteiger partial charge is 0.263 e. The average Bonchev–Trinajstić information content (AvgIpc) is 2.61. The van der Waals surface area contributed by atoms with Crippen LogP contribution in [-0.4, -0.2) is 34.4 Å². The zero-order valence-corrected chi connectivity index (χ0v) is 14.7. The monoisotopic (exact) mass is 342 g/mol. The molecular weight excluding hydrogens is 316 g/mol. The standard InChI is InChI=1S/C20H26N2O3/c1-20(2,24)18(19(23)22-25)21-14-6-7-15-10-12-17(13-11-15)16-8-4-3-5-9-16/h3-5,8-13,18,21,24-25H,6-7,14H2,1-2H3,(H,22,23)/t18-/m1/s1. The summed E-state index contributed by atoms with van der Waals surface area (Å²) in [5.74, 6) is -0.639. The molecule has 0 saturated heterocycles. The van der Waals surface area contributed by atoms with Crippen molar-refractivity contribution >= 4 is 5.91 Å². The van der Waals surface area contributed by atoms with Crippen LogP contribution in [0.5, 0.6) is 0 Å². The van der Waals surface area contributed by atoms with Crippen molar-refractivity contribution < 1.29 is 15.1 Å². The van der Waals surface area contributed by atoms with Gasteiger partial charge in [0.1, 0.15) is 6.04 Å². The van der Waals surface area contributed by atoms with E-state index in [1.165, 1.54) is 30.5 Å². The molecule has 0 aliphatic heterocycles. The van der Waals surface area contributed by atoms with E-state index in [1.54, 1.807) is 5.48 Å². The van der Waals surface area contributed by atoms with Crippen molar-refractivity contribution in [2.45, 2.75) is 38.3 Å². The number of aryl methyl sites for hydroxylation is 1. The van der Waals surface area contributed by atoms with Crippen LogP contribution >= 0.6 is 0 Å². The first-order chi connectivity index (χ1) is 11.9. The average molecular weight is 342 g/mol. The molecule has 0 bridgehead atoms. The molecule has 2 aromatic rings. The fourth-order valence-corrected chi connectivity index (χ4v) is 2.76. The number of carbonyl (C=O) groups is 1. The summed E-state index contributed by atoms with van der Waals surface area (Å²) >= 11 is 0. The molecular formula is C20H26N2O3. The van der Waals surface area contributed by atoms with Crippen molar-refractivity contribution in [1.82, 2.24) is 10.8 Å². The lowest BCUT2D eigenvalue weighted by molar-refractivity contribution is -0.137. The molecule has 134 valence electrons. The summed E-state index contributed by atoms with van der Waals surface area (Å²) in [7, 11) is 0. The van der Waals surface area contributed by atoms with E-state index in [9.17, 15) is 9.90 Å². The van der Waals surface area contributed by atoms with E-state index in [-0.39, 0.29) is 0 Å². The minimum Gasteiger partial charge on any atom is -0.388 e. The molecule has 2 rings (SSSR count). The van der Waals surface area contributed by atoms with E-state index in [1.807, 2.05) is 18.2 Å². The second kappa shape index (κ2) is 8.76. The first-order valence-electron chi connectivity index (χ1n) is 8.46.